The van der Waals surface area contributed by atoms with Crippen molar-refractivity contribution in [1.29, 1.82) is 0 Å². The van der Waals surface area contributed by atoms with Crippen molar-refractivity contribution in [3.8, 4) is 0 Å². The van der Waals surface area contributed by atoms with Crippen LogP contribution < -0.4 is 0 Å². The van der Waals surface area contributed by atoms with E-state index in [0.29, 0.717) is 0 Å². The minimum Gasteiger partial charge on any atom is -0.179 e. The second kappa shape index (κ2) is 9.89. The number of hydrogen-bond acceptors (Lipinski definition) is 1. The van der Waals surface area contributed by atoms with Gasteiger partial charge >= 0.3 is 0 Å². The van der Waals surface area contributed by atoms with Crippen LogP contribution in [-0.4, -0.2) is 5.75 Å². The molecule has 0 radical (unpaired) electrons. The Morgan fingerprint density at radius 2 is 1.71 bits per heavy atom. The van der Waals surface area contributed by atoms with E-state index in [0.717, 1.165) is 17.6 Å². The first-order valence-corrected chi connectivity index (χ1v) is 7.11. The van der Waals surface area contributed by atoms with Crippen LogP contribution in [0.5, 0.6) is 0 Å². The Kier molecular flexibility index (Phi) is 10.1. The normalized spacial score (nSPS) is 19.7. The Hall–Kier alpha value is 0.350. The zero-order valence-electron chi connectivity index (χ0n) is 10.3. The summed E-state index contributed by atoms with van der Waals surface area (Å²) in [4.78, 5) is 0. The summed E-state index contributed by atoms with van der Waals surface area (Å²) in [5.74, 6) is 3.01. The SMILES string of the molecule is CC.CCC(CS)CC1CCCCC1. The van der Waals surface area contributed by atoms with Crippen LogP contribution in [0.1, 0.15) is 65.7 Å². The van der Waals surface area contributed by atoms with E-state index in [1.807, 2.05) is 13.8 Å². The molecule has 0 aromatic carbocycles. The van der Waals surface area contributed by atoms with Crippen LogP contribution in [-0.2, 0) is 0 Å². The van der Waals surface area contributed by atoms with Crippen molar-refractivity contribution >= 4 is 12.6 Å². The highest BCUT2D eigenvalue weighted by atomic mass is 32.1. The molecule has 1 unspecified atom stereocenters. The van der Waals surface area contributed by atoms with Gasteiger partial charge in [0.05, 0.1) is 0 Å². The molecule has 1 atom stereocenters. The van der Waals surface area contributed by atoms with E-state index in [2.05, 4.69) is 19.6 Å². The molecule has 1 rings (SSSR count). The molecule has 0 amide bonds. The summed E-state index contributed by atoms with van der Waals surface area (Å²) in [6, 6.07) is 0. The molecular weight excluding hydrogens is 188 g/mol. The Morgan fingerprint density at radius 3 is 2.14 bits per heavy atom. The van der Waals surface area contributed by atoms with E-state index in [1.165, 1.54) is 44.9 Å². The van der Waals surface area contributed by atoms with Crippen LogP contribution in [0.15, 0.2) is 0 Å². The van der Waals surface area contributed by atoms with Crippen molar-refractivity contribution in [1.82, 2.24) is 0 Å². The monoisotopic (exact) mass is 216 g/mol. The van der Waals surface area contributed by atoms with Gasteiger partial charge in [0, 0.05) is 0 Å². The van der Waals surface area contributed by atoms with Crippen molar-refractivity contribution in [2.75, 3.05) is 5.75 Å². The molecule has 1 aliphatic carbocycles. The Labute approximate surface area is 96.3 Å². The molecular formula is C13H28S. The highest BCUT2D eigenvalue weighted by Crippen LogP contribution is 2.30. The predicted molar refractivity (Wildman–Crippen MR) is 70.2 cm³/mol. The van der Waals surface area contributed by atoms with Gasteiger partial charge < -0.3 is 0 Å². The molecule has 1 aliphatic rings. The van der Waals surface area contributed by atoms with E-state index in [4.69, 9.17) is 0 Å². The third-order valence-electron chi connectivity index (χ3n) is 3.23. The summed E-state index contributed by atoms with van der Waals surface area (Å²) in [5, 5.41) is 0. The van der Waals surface area contributed by atoms with Gasteiger partial charge in [-0.1, -0.05) is 59.3 Å². The second-order valence-electron chi connectivity index (χ2n) is 4.20. The predicted octanol–water partition coefficient (Wildman–Crippen LogP) is 4.94. The molecule has 0 saturated heterocycles. The molecule has 1 heteroatoms. The fourth-order valence-electron chi connectivity index (χ4n) is 2.26. The lowest BCUT2D eigenvalue weighted by Gasteiger charge is -2.24. The molecule has 0 aliphatic heterocycles. The van der Waals surface area contributed by atoms with Gasteiger partial charge in [-0.15, -0.1) is 0 Å². The topological polar surface area (TPSA) is 0 Å². The number of hydrogen-bond donors (Lipinski definition) is 1. The molecule has 0 aromatic rings. The molecule has 0 bridgehead atoms. The van der Waals surface area contributed by atoms with E-state index < -0.39 is 0 Å². The third-order valence-corrected chi connectivity index (χ3v) is 3.74. The van der Waals surface area contributed by atoms with Crippen LogP contribution in [0.25, 0.3) is 0 Å². The largest absolute Gasteiger partial charge is 0.179 e. The fourth-order valence-corrected chi connectivity index (χ4v) is 2.67. The standard InChI is InChI=1S/C11H22S.C2H6/c1-2-10(9-12)8-11-6-4-3-5-7-11;1-2/h10-12H,2-9H2,1H3;1-2H3. The van der Waals surface area contributed by atoms with Gasteiger partial charge in [-0.05, 0) is 24.0 Å². The van der Waals surface area contributed by atoms with Gasteiger partial charge in [0.1, 0.15) is 0 Å². The summed E-state index contributed by atoms with van der Waals surface area (Å²) in [5.41, 5.74) is 0. The number of rotatable bonds is 4. The van der Waals surface area contributed by atoms with Crippen molar-refractivity contribution in [2.45, 2.75) is 65.7 Å². The third kappa shape index (κ3) is 5.95. The van der Waals surface area contributed by atoms with Gasteiger partial charge in [0.25, 0.3) is 0 Å². The van der Waals surface area contributed by atoms with Crippen LogP contribution in [0.3, 0.4) is 0 Å². The first-order chi connectivity index (χ1) is 6.86. The smallest absolute Gasteiger partial charge is 0.00695 e. The summed E-state index contributed by atoms with van der Waals surface area (Å²) in [6.45, 7) is 6.30. The maximum absolute atomic E-state index is 4.40. The fraction of sp³-hybridized carbons (Fsp3) is 1.00. The first kappa shape index (κ1) is 14.3. The number of thiol groups is 1. The lowest BCUT2D eigenvalue weighted by Crippen LogP contribution is -2.12. The molecule has 1 fully saturated rings. The highest BCUT2D eigenvalue weighted by Gasteiger charge is 2.16. The molecule has 0 aromatic heterocycles. The van der Waals surface area contributed by atoms with Gasteiger partial charge in [-0.2, -0.15) is 12.6 Å². The highest BCUT2D eigenvalue weighted by molar-refractivity contribution is 7.80. The summed E-state index contributed by atoms with van der Waals surface area (Å²) in [6.07, 6.45) is 10.2. The minimum atomic E-state index is 0.886. The van der Waals surface area contributed by atoms with E-state index in [1.54, 1.807) is 0 Å². The molecule has 1 saturated carbocycles. The quantitative estimate of drug-likeness (QED) is 0.632. The van der Waals surface area contributed by atoms with Gasteiger partial charge in [0.2, 0.25) is 0 Å². The molecule has 0 spiro atoms. The van der Waals surface area contributed by atoms with Crippen LogP contribution in [0, 0.1) is 11.8 Å². The second-order valence-corrected chi connectivity index (χ2v) is 4.56. The van der Waals surface area contributed by atoms with Crippen LogP contribution in [0.2, 0.25) is 0 Å². The van der Waals surface area contributed by atoms with E-state index >= 15 is 0 Å². The lowest BCUT2D eigenvalue weighted by molar-refractivity contribution is 0.295. The minimum absolute atomic E-state index is 0.886. The Morgan fingerprint density at radius 1 is 1.14 bits per heavy atom. The molecule has 0 nitrogen and oxygen atoms in total. The summed E-state index contributed by atoms with van der Waals surface area (Å²) >= 11 is 4.40. The zero-order chi connectivity index (χ0) is 10.8. The molecule has 14 heavy (non-hydrogen) atoms. The molecule has 86 valence electrons. The first-order valence-electron chi connectivity index (χ1n) is 6.47. The van der Waals surface area contributed by atoms with Gasteiger partial charge in [-0.25, -0.2) is 0 Å². The molecule has 0 N–H and O–H groups in total. The van der Waals surface area contributed by atoms with Crippen molar-refractivity contribution in [3.63, 3.8) is 0 Å². The average Bonchev–Trinajstić information content (AvgIpc) is 2.30. The van der Waals surface area contributed by atoms with Crippen molar-refractivity contribution < 1.29 is 0 Å². The lowest BCUT2D eigenvalue weighted by atomic mass is 9.82. The maximum Gasteiger partial charge on any atom is -0.00695 e. The average molecular weight is 216 g/mol. The Bertz CT molecular complexity index is 102. The van der Waals surface area contributed by atoms with E-state index in [9.17, 15) is 0 Å². The van der Waals surface area contributed by atoms with E-state index in [-0.39, 0.29) is 0 Å². The van der Waals surface area contributed by atoms with Gasteiger partial charge in [0.15, 0.2) is 0 Å². The van der Waals surface area contributed by atoms with Crippen LogP contribution in [0.4, 0.5) is 0 Å². The summed E-state index contributed by atoms with van der Waals surface area (Å²) < 4.78 is 0. The van der Waals surface area contributed by atoms with Crippen LogP contribution >= 0.6 is 12.6 Å². The summed E-state index contributed by atoms with van der Waals surface area (Å²) in [7, 11) is 0. The van der Waals surface area contributed by atoms with Gasteiger partial charge in [-0.3, -0.25) is 0 Å². The molecule has 0 heterocycles. The maximum atomic E-state index is 4.40. The zero-order valence-corrected chi connectivity index (χ0v) is 11.2. The van der Waals surface area contributed by atoms with Crippen molar-refractivity contribution in [3.05, 3.63) is 0 Å². The Balaban J connectivity index is 0.000000791. The van der Waals surface area contributed by atoms with Crippen molar-refractivity contribution in [2.24, 2.45) is 11.8 Å².